The first-order valence-electron chi connectivity index (χ1n) is 8.72. The molecule has 1 aliphatic heterocycles. The molecule has 4 unspecified atom stereocenters. The highest BCUT2D eigenvalue weighted by molar-refractivity contribution is 5.46. The molecule has 2 aliphatic rings. The van der Waals surface area contributed by atoms with Crippen molar-refractivity contribution < 1.29 is 9.57 Å². The van der Waals surface area contributed by atoms with E-state index < -0.39 is 0 Å². The van der Waals surface area contributed by atoms with Gasteiger partial charge in [0.05, 0.1) is 24.3 Å². The molecule has 4 heteroatoms. The summed E-state index contributed by atoms with van der Waals surface area (Å²) in [5.41, 5.74) is 1.65. The smallest absolute Gasteiger partial charge is 0.122 e. The maximum Gasteiger partial charge on any atom is 0.122 e. The second kappa shape index (κ2) is 5.75. The van der Waals surface area contributed by atoms with E-state index in [1.807, 2.05) is 18.2 Å². The van der Waals surface area contributed by atoms with Crippen LogP contribution in [0.5, 0.6) is 5.75 Å². The highest BCUT2D eigenvalue weighted by atomic mass is 16.7. The van der Waals surface area contributed by atoms with Crippen LogP contribution in [0.4, 0.5) is 0 Å². The Morgan fingerprint density at radius 2 is 2.00 bits per heavy atom. The zero-order valence-corrected chi connectivity index (χ0v) is 15.6. The fourth-order valence-electron chi connectivity index (χ4n) is 5.15. The molecule has 1 aromatic rings. The van der Waals surface area contributed by atoms with Gasteiger partial charge in [0, 0.05) is 24.6 Å². The number of rotatable bonds is 2. The van der Waals surface area contributed by atoms with Crippen molar-refractivity contribution in [3.63, 3.8) is 0 Å². The van der Waals surface area contributed by atoms with Gasteiger partial charge in [-0.15, -0.1) is 0 Å². The summed E-state index contributed by atoms with van der Waals surface area (Å²) in [4.78, 5) is 6.15. The van der Waals surface area contributed by atoms with Crippen molar-refractivity contribution in [1.29, 1.82) is 5.26 Å². The fraction of sp³-hybridized carbons (Fsp3) is 0.650. The maximum absolute atomic E-state index is 9.31. The highest BCUT2D eigenvalue weighted by Gasteiger charge is 2.55. The lowest BCUT2D eigenvalue weighted by Gasteiger charge is -2.46. The van der Waals surface area contributed by atoms with Crippen LogP contribution in [0.25, 0.3) is 0 Å². The summed E-state index contributed by atoms with van der Waals surface area (Å²) >= 11 is 0. The number of methoxy groups -OCH3 is 1. The fourth-order valence-corrected chi connectivity index (χ4v) is 5.15. The lowest BCUT2D eigenvalue weighted by atomic mass is 9.59. The number of nitrogens with zero attached hydrogens (tertiary/aromatic N) is 2. The Morgan fingerprint density at radius 3 is 2.62 bits per heavy atom. The van der Waals surface area contributed by atoms with Gasteiger partial charge in [-0.05, 0) is 56.2 Å². The van der Waals surface area contributed by atoms with Crippen molar-refractivity contribution in [3.05, 3.63) is 29.3 Å². The van der Waals surface area contributed by atoms with E-state index in [4.69, 9.17) is 9.57 Å². The SMILES string of the molecule is COc1ccc(C#N)cc1C1(C)CC(C)C2C(C1)C(C)(C)ON2C. The first-order chi connectivity index (χ1) is 11.2. The molecular formula is C20H28N2O2. The molecule has 0 amide bonds. The minimum atomic E-state index is -0.171. The molecule has 0 spiro atoms. The monoisotopic (exact) mass is 328 g/mol. The van der Waals surface area contributed by atoms with Gasteiger partial charge in [0.1, 0.15) is 5.75 Å². The van der Waals surface area contributed by atoms with Gasteiger partial charge in [-0.3, -0.25) is 4.84 Å². The third kappa shape index (κ3) is 2.60. The molecule has 1 aromatic carbocycles. The predicted octanol–water partition coefficient (Wildman–Crippen LogP) is 3.89. The summed E-state index contributed by atoms with van der Waals surface area (Å²) in [6.45, 7) is 9.01. The van der Waals surface area contributed by atoms with Gasteiger partial charge in [-0.2, -0.15) is 10.3 Å². The van der Waals surface area contributed by atoms with Crippen LogP contribution in [-0.2, 0) is 10.3 Å². The van der Waals surface area contributed by atoms with Crippen LogP contribution in [0.3, 0.4) is 0 Å². The molecule has 0 radical (unpaired) electrons. The van der Waals surface area contributed by atoms with Crippen LogP contribution in [0.15, 0.2) is 18.2 Å². The molecule has 0 bridgehead atoms. The highest BCUT2D eigenvalue weighted by Crippen LogP contribution is 2.54. The molecule has 3 rings (SSSR count). The summed E-state index contributed by atoms with van der Waals surface area (Å²) in [6, 6.07) is 8.48. The third-order valence-corrected chi connectivity index (χ3v) is 6.11. The molecule has 0 N–H and O–H groups in total. The Morgan fingerprint density at radius 1 is 1.29 bits per heavy atom. The molecule has 130 valence electrons. The second-order valence-electron chi connectivity index (χ2n) is 8.31. The molecule has 0 aromatic heterocycles. The van der Waals surface area contributed by atoms with Crippen molar-refractivity contribution in [3.8, 4) is 11.8 Å². The molecule has 1 saturated heterocycles. The number of hydrogen-bond acceptors (Lipinski definition) is 4. The number of nitriles is 1. The van der Waals surface area contributed by atoms with E-state index in [9.17, 15) is 5.26 Å². The second-order valence-corrected chi connectivity index (χ2v) is 8.31. The Hall–Kier alpha value is -1.57. The number of hydroxylamine groups is 2. The molecule has 1 heterocycles. The Bertz CT molecular complexity index is 679. The van der Waals surface area contributed by atoms with Crippen molar-refractivity contribution in [1.82, 2.24) is 5.06 Å². The van der Waals surface area contributed by atoms with E-state index >= 15 is 0 Å². The largest absolute Gasteiger partial charge is 0.496 e. The van der Waals surface area contributed by atoms with E-state index in [0.717, 1.165) is 24.2 Å². The van der Waals surface area contributed by atoms with Gasteiger partial charge in [-0.25, -0.2) is 0 Å². The van der Waals surface area contributed by atoms with Crippen LogP contribution in [-0.4, -0.2) is 30.9 Å². The first kappa shape index (κ1) is 17.3. The Labute approximate surface area is 145 Å². The average molecular weight is 328 g/mol. The first-order valence-corrected chi connectivity index (χ1v) is 8.72. The molecular weight excluding hydrogens is 300 g/mol. The van der Waals surface area contributed by atoms with E-state index in [0.29, 0.717) is 23.4 Å². The predicted molar refractivity (Wildman–Crippen MR) is 93.7 cm³/mol. The quantitative estimate of drug-likeness (QED) is 0.826. The van der Waals surface area contributed by atoms with Crippen LogP contribution >= 0.6 is 0 Å². The number of benzene rings is 1. The number of fused-ring (bicyclic) bond motifs is 1. The normalized spacial score (nSPS) is 35.3. The molecule has 4 atom stereocenters. The number of ether oxygens (including phenoxy) is 1. The topological polar surface area (TPSA) is 45.5 Å². The summed E-state index contributed by atoms with van der Waals surface area (Å²) in [5.74, 6) is 1.84. The lowest BCUT2D eigenvalue weighted by molar-refractivity contribution is -0.182. The molecule has 24 heavy (non-hydrogen) atoms. The number of hydrogen-bond donors (Lipinski definition) is 0. The Balaban J connectivity index is 2.04. The van der Waals surface area contributed by atoms with Gasteiger partial charge in [0.25, 0.3) is 0 Å². The zero-order chi connectivity index (χ0) is 17.7. The van der Waals surface area contributed by atoms with Gasteiger partial charge >= 0.3 is 0 Å². The summed E-state index contributed by atoms with van der Waals surface area (Å²) in [6.07, 6.45) is 2.09. The maximum atomic E-state index is 9.31. The van der Waals surface area contributed by atoms with Crippen molar-refractivity contribution in [2.75, 3.05) is 14.2 Å². The van der Waals surface area contributed by atoms with Crippen molar-refractivity contribution >= 4 is 0 Å². The van der Waals surface area contributed by atoms with Crippen molar-refractivity contribution in [2.45, 2.75) is 57.6 Å². The van der Waals surface area contributed by atoms with Crippen molar-refractivity contribution in [2.24, 2.45) is 11.8 Å². The van der Waals surface area contributed by atoms with Crippen LogP contribution < -0.4 is 4.74 Å². The average Bonchev–Trinajstić information content (AvgIpc) is 2.75. The standard InChI is InChI=1S/C20H28N2O2/c1-13-10-20(4,11-16-18(13)22(5)24-19(16,2)3)15-9-14(12-21)7-8-17(15)23-6/h7-9,13,16,18H,10-11H2,1-6H3. The summed E-state index contributed by atoms with van der Waals surface area (Å²) < 4.78 is 5.63. The van der Waals surface area contributed by atoms with Crippen LogP contribution in [0.2, 0.25) is 0 Å². The van der Waals surface area contributed by atoms with Crippen LogP contribution in [0, 0.1) is 23.2 Å². The molecule has 4 nitrogen and oxygen atoms in total. The third-order valence-electron chi connectivity index (χ3n) is 6.11. The molecule has 1 saturated carbocycles. The van der Waals surface area contributed by atoms with E-state index in [1.165, 1.54) is 0 Å². The van der Waals surface area contributed by atoms with E-state index in [1.54, 1.807) is 7.11 Å². The Kier molecular flexibility index (Phi) is 4.14. The summed E-state index contributed by atoms with van der Waals surface area (Å²) in [5, 5.41) is 11.4. The summed E-state index contributed by atoms with van der Waals surface area (Å²) in [7, 11) is 3.77. The molecule has 1 aliphatic carbocycles. The van der Waals surface area contributed by atoms with E-state index in [-0.39, 0.29) is 11.0 Å². The minimum Gasteiger partial charge on any atom is -0.496 e. The molecule has 2 fully saturated rings. The minimum absolute atomic E-state index is 0.0232. The van der Waals surface area contributed by atoms with Gasteiger partial charge in [0.15, 0.2) is 0 Å². The van der Waals surface area contributed by atoms with Gasteiger partial charge in [-0.1, -0.05) is 13.8 Å². The van der Waals surface area contributed by atoms with Gasteiger partial charge in [0.2, 0.25) is 0 Å². The zero-order valence-electron chi connectivity index (χ0n) is 15.6. The van der Waals surface area contributed by atoms with E-state index in [2.05, 4.69) is 45.9 Å². The van der Waals surface area contributed by atoms with Gasteiger partial charge < -0.3 is 4.74 Å². The lowest BCUT2D eigenvalue weighted by Crippen LogP contribution is -2.48. The van der Waals surface area contributed by atoms with Crippen LogP contribution in [0.1, 0.15) is 51.7 Å².